The third-order valence-electron chi connectivity index (χ3n) is 5.02. The van der Waals surface area contributed by atoms with Crippen LogP contribution in [0.5, 0.6) is 0 Å². The van der Waals surface area contributed by atoms with Gasteiger partial charge in [-0.2, -0.15) is 4.98 Å². The third-order valence-corrected chi connectivity index (χ3v) is 5.02. The SMILES string of the molecule is CCc1ccc(CN(Cc2nc(-c3ccc([N+](=O)[O-])cc3)no2)C2CC2)cc1. The van der Waals surface area contributed by atoms with Gasteiger partial charge in [-0.15, -0.1) is 0 Å². The van der Waals surface area contributed by atoms with Crippen molar-refractivity contribution in [1.82, 2.24) is 15.0 Å². The quantitative estimate of drug-likeness (QED) is 0.427. The number of nitro groups is 1. The minimum absolute atomic E-state index is 0.0430. The fourth-order valence-corrected chi connectivity index (χ4v) is 3.21. The molecule has 0 amide bonds. The van der Waals surface area contributed by atoms with Crippen LogP contribution in [0.25, 0.3) is 11.4 Å². The molecule has 0 bridgehead atoms. The van der Waals surface area contributed by atoms with Crippen molar-refractivity contribution >= 4 is 5.69 Å². The molecule has 1 aromatic heterocycles. The Labute approximate surface area is 163 Å². The molecule has 0 atom stereocenters. The Morgan fingerprint density at radius 2 is 1.75 bits per heavy atom. The van der Waals surface area contributed by atoms with Crippen molar-refractivity contribution in [2.24, 2.45) is 0 Å². The molecule has 1 aliphatic rings. The van der Waals surface area contributed by atoms with Crippen molar-refractivity contribution in [2.75, 3.05) is 0 Å². The average molecular weight is 378 g/mol. The molecule has 28 heavy (non-hydrogen) atoms. The van der Waals surface area contributed by atoms with Gasteiger partial charge >= 0.3 is 0 Å². The first-order chi connectivity index (χ1) is 13.6. The first kappa shape index (κ1) is 18.3. The largest absolute Gasteiger partial charge is 0.338 e. The van der Waals surface area contributed by atoms with Crippen LogP contribution in [-0.2, 0) is 19.5 Å². The van der Waals surface area contributed by atoms with E-state index in [4.69, 9.17) is 4.52 Å². The van der Waals surface area contributed by atoms with Crippen LogP contribution in [-0.4, -0.2) is 26.0 Å². The standard InChI is InChI=1S/C21H22N4O3/c1-2-15-3-5-16(6-4-15)13-24(18-11-12-18)14-20-22-21(23-28-20)17-7-9-19(10-8-17)25(26)27/h3-10,18H,2,11-14H2,1H3. The number of hydrogen-bond donors (Lipinski definition) is 0. The number of non-ortho nitro benzene ring substituents is 1. The van der Waals surface area contributed by atoms with Crippen LogP contribution in [0.3, 0.4) is 0 Å². The van der Waals surface area contributed by atoms with Gasteiger partial charge in [0.2, 0.25) is 11.7 Å². The number of benzene rings is 2. The number of hydrogen-bond acceptors (Lipinski definition) is 6. The van der Waals surface area contributed by atoms with E-state index in [0.29, 0.717) is 29.9 Å². The predicted octanol–water partition coefficient (Wildman–Crippen LogP) is 4.37. The monoisotopic (exact) mass is 378 g/mol. The molecule has 1 fully saturated rings. The summed E-state index contributed by atoms with van der Waals surface area (Å²) in [5, 5.41) is 14.8. The van der Waals surface area contributed by atoms with Gasteiger partial charge < -0.3 is 4.52 Å². The molecular formula is C21H22N4O3. The van der Waals surface area contributed by atoms with E-state index in [0.717, 1.165) is 13.0 Å². The third kappa shape index (κ3) is 4.26. The zero-order valence-corrected chi connectivity index (χ0v) is 15.7. The number of aryl methyl sites for hydroxylation is 1. The summed E-state index contributed by atoms with van der Waals surface area (Å²) in [5.74, 6) is 1.01. The second-order valence-electron chi connectivity index (χ2n) is 7.12. The van der Waals surface area contributed by atoms with Crippen molar-refractivity contribution < 1.29 is 9.45 Å². The number of nitro benzene ring substituents is 1. The highest BCUT2D eigenvalue weighted by Gasteiger charge is 2.30. The minimum Gasteiger partial charge on any atom is -0.338 e. The van der Waals surface area contributed by atoms with E-state index in [1.807, 2.05) is 0 Å². The lowest BCUT2D eigenvalue weighted by molar-refractivity contribution is -0.384. The summed E-state index contributed by atoms with van der Waals surface area (Å²) in [6.45, 7) is 3.60. The van der Waals surface area contributed by atoms with Crippen LogP contribution in [0.2, 0.25) is 0 Å². The van der Waals surface area contributed by atoms with Crippen LogP contribution in [0.15, 0.2) is 53.1 Å². The van der Waals surface area contributed by atoms with Crippen molar-refractivity contribution in [3.63, 3.8) is 0 Å². The first-order valence-corrected chi connectivity index (χ1v) is 9.51. The van der Waals surface area contributed by atoms with Gasteiger partial charge in [0.05, 0.1) is 11.5 Å². The fraction of sp³-hybridized carbons (Fsp3) is 0.333. The minimum atomic E-state index is -0.425. The summed E-state index contributed by atoms with van der Waals surface area (Å²) in [6.07, 6.45) is 3.42. The van der Waals surface area contributed by atoms with Crippen molar-refractivity contribution in [2.45, 2.75) is 45.3 Å². The maximum absolute atomic E-state index is 10.8. The van der Waals surface area contributed by atoms with E-state index in [-0.39, 0.29) is 5.69 Å². The molecular weight excluding hydrogens is 356 g/mol. The van der Waals surface area contributed by atoms with E-state index in [1.165, 1.54) is 36.1 Å². The Bertz CT molecular complexity index is 947. The van der Waals surface area contributed by atoms with Crippen LogP contribution < -0.4 is 0 Å². The molecule has 0 unspecified atom stereocenters. The summed E-state index contributed by atoms with van der Waals surface area (Å²) >= 11 is 0. The summed E-state index contributed by atoms with van der Waals surface area (Å²) < 4.78 is 5.44. The molecule has 1 saturated carbocycles. The topological polar surface area (TPSA) is 85.3 Å². The zero-order chi connectivity index (χ0) is 19.5. The van der Waals surface area contributed by atoms with E-state index in [9.17, 15) is 10.1 Å². The van der Waals surface area contributed by atoms with Crippen LogP contribution in [0, 0.1) is 10.1 Å². The Morgan fingerprint density at radius 3 is 2.36 bits per heavy atom. The molecule has 0 saturated heterocycles. The fourth-order valence-electron chi connectivity index (χ4n) is 3.21. The normalized spacial score (nSPS) is 13.8. The van der Waals surface area contributed by atoms with Gasteiger partial charge in [-0.05, 0) is 42.5 Å². The lowest BCUT2D eigenvalue weighted by Gasteiger charge is -2.20. The highest BCUT2D eigenvalue weighted by molar-refractivity contribution is 5.56. The first-order valence-electron chi connectivity index (χ1n) is 9.51. The number of rotatable bonds is 8. The molecule has 0 aliphatic heterocycles. The lowest BCUT2D eigenvalue weighted by Crippen LogP contribution is -2.25. The number of nitrogens with zero attached hydrogens (tertiary/aromatic N) is 4. The Kier molecular flexibility index (Phi) is 5.16. The second-order valence-corrected chi connectivity index (χ2v) is 7.12. The van der Waals surface area contributed by atoms with Gasteiger partial charge in [0.15, 0.2) is 0 Å². The molecule has 0 radical (unpaired) electrons. The Morgan fingerprint density at radius 1 is 1.07 bits per heavy atom. The highest BCUT2D eigenvalue weighted by Crippen LogP contribution is 2.30. The Hall–Kier alpha value is -3.06. The van der Waals surface area contributed by atoms with Gasteiger partial charge in [-0.1, -0.05) is 36.3 Å². The zero-order valence-electron chi connectivity index (χ0n) is 15.7. The van der Waals surface area contributed by atoms with Gasteiger partial charge in [-0.25, -0.2) is 0 Å². The molecule has 7 nitrogen and oxygen atoms in total. The maximum Gasteiger partial charge on any atom is 0.269 e. The molecule has 144 valence electrons. The van der Waals surface area contributed by atoms with Gasteiger partial charge in [-0.3, -0.25) is 15.0 Å². The summed E-state index contributed by atoms with van der Waals surface area (Å²) in [4.78, 5) is 17.2. The molecule has 3 aromatic rings. The number of aromatic nitrogens is 2. The van der Waals surface area contributed by atoms with Crippen molar-refractivity contribution in [3.05, 3.63) is 75.7 Å². The predicted molar refractivity (Wildman–Crippen MR) is 104 cm³/mol. The summed E-state index contributed by atoms with van der Waals surface area (Å²) in [6, 6.07) is 15.5. The molecule has 1 heterocycles. The Balaban J connectivity index is 1.45. The van der Waals surface area contributed by atoms with E-state index in [1.54, 1.807) is 12.1 Å². The van der Waals surface area contributed by atoms with Crippen molar-refractivity contribution in [1.29, 1.82) is 0 Å². The summed E-state index contributed by atoms with van der Waals surface area (Å²) in [5.41, 5.74) is 3.36. The van der Waals surface area contributed by atoms with E-state index in [2.05, 4.69) is 46.2 Å². The molecule has 7 heteroatoms. The maximum atomic E-state index is 10.8. The van der Waals surface area contributed by atoms with Crippen LogP contribution in [0.4, 0.5) is 5.69 Å². The lowest BCUT2D eigenvalue weighted by atomic mass is 10.1. The van der Waals surface area contributed by atoms with E-state index < -0.39 is 4.92 Å². The molecule has 2 aromatic carbocycles. The van der Waals surface area contributed by atoms with Crippen LogP contribution in [0.1, 0.15) is 36.8 Å². The average Bonchev–Trinajstić information content (AvgIpc) is 3.47. The van der Waals surface area contributed by atoms with Gasteiger partial charge in [0, 0.05) is 30.3 Å². The van der Waals surface area contributed by atoms with E-state index >= 15 is 0 Å². The van der Waals surface area contributed by atoms with Crippen molar-refractivity contribution in [3.8, 4) is 11.4 Å². The summed E-state index contributed by atoms with van der Waals surface area (Å²) in [7, 11) is 0. The van der Waals surface area contributed by atoms with Gasteiger partial charge in [0.1, 0.15) is 0 Å². The second kappa shape index (κ2) is 7.90. The highest BCUT2D eigenvalue weighted by atomic mass is 16.6. The molecule has 1 aliphatic carbocycles. The van der Waals surface area contributed by atoms with Crippen LogP contribution >= 0.6 is 0 Å². The van der Waals surface area contributed by atoms with Gasteiger partial charge in [0.25, 0.3) is 5.69 Å². The molecule has 0 N–H and O–H groups in total. The molecule has 4 rings (SSSR count). The smallest absolute Gasteiger partial charge is 0.269 e. The molecule has 0 spiro atoms.